The largest absolute Gasteiger partial charge is 0.504 e. The fourth-order valence-corrected chi connectivity index (χ4v) is 4.48. The van der Waals surface area contributed by atoms with Crippen LogP contribution in [0.3, 0.4) is 0 Å². The van der Waals surface area contributed by atoms with Gasteiger partial charge in [0.15, 0.2) is 22.4 Å². The van der Waals surface area contributed by atoms with Crippen LogP contribution < -0.4 is 20.3 Å². The first kappa shape index (κ1) is 24.3. The minimum Gasteiger partial charge on any atom is -0.504 e. The number of carbonyl (C=O) groups is 1. The summed E-state index contributed by atoms with van der Waals surface area (Å²) in [5, 5.41) is 20.7. The van der Waals surface area contributed by atoms with E-state index in [0.29, 0.717) is 40.3 Å². The van der Waals surface area contributed by atoms with Crippen LogP contribution in [0.5, 0.6) is 11.5 Å². The van der Waals surface area contributed by atoms with Gasteiger partial charge in [0.1, 0.15) is 5.76 Å². The summed E-state index contributed by atoms with van der Waals surface area (Å²) in [7, 11) is 0. The lowest BCUT2D eigenvalue weighted by atomic mass is 9.93. The molecule has 0 saturated heterocycles. The maximum atomic E-state index is 13.6. The lowest BCUT2D eigenvalue weighted by Crippen LogP contribution is -2.48. The number of hydrogen-bond acceptors (Lipinski definition) is 6. The molecule has 4 rings (SSSR count). The second kappa shape index (κ2) is 9.79. The number of amides is 1. The van der Waals surface area contributed by atoms with Gasteiger partial charge in [-0.15, -0.1) is 0 Å². The van der Waals surface area contributed by atoms with Gasteiger partial charge in [-0.3, -0.25) is 9.69 Å². The number of aromatic hydroxyl groups is 1. The molecule has 0 bridgehead atoms. The Morgan fingerprint density at radius 3 is 2.66 bits per heavy atom. The Bertz CT molecular complexity index is 1330. The number of nitrogens with zero attached hydrogens (tertiary/aromatic N) is 2. The molecule has 1 amide bonds. The van der Waals surface area contributed by atoms with Crippen molar-refractivity contribution in [3.05, 3.63) is 76.2 Å². The fourth-order valence-electron chi connectivity index (χ4n) is 4.13. The van der Waals surface area contributed by atoms with Gasteiger partial charge in [-0.1, -0.05) is 23.4 Å². The Morgan fingerprint density at radius 2 is 1.97 bits per heavy atom. The molecular weight excluding hydrogens is 464 g/mol. The molecule has 0 radical (unpaired) electrons. The molecule has 35 heavy (non-hydrogen) atoms. The maximum Gasteiger partial charge on any atom is 0.257 e. The van der Waals surface area contributed by atoms with Crippen molar-refractivity contribution in [3.8, 4) is 11.5 Å². The highest BCUT2D eigenvalue weighted by Crippen LogP contribution is 2.38. The van der Waals surface area contributed by atoms with E-state index in [1.54, 1.807) is 31.2 Å². The summed E-state index contributed by atoms with van der Waals surface area (Å²) >= 11 is 5.79. The molecule has 1 aromatic heterocycles. The zero-order chi connectivity index (χ0) is 25.3. The van der Waals surface area contributed by atoms with E-state index in [9.17, 15) is 9.90 Å². The number of benzene rings is 2. The molecule has 2 heterocycles. The van der Waals surface area contributed by atoms with E-state index in [4.69, 9.17) is 21.5 Å². The highest BCUT2D eigenvalue weighted by atomic mass is 32.1. The zero-order valence-electron chi connectivity index (χ0n) is 20.3. The Labute approximate surface area is 209 Å². The molecule has 2 aromatic carbocycles. The van der Waals surface area contributed by atoms with Gasteiger partial charge in [-0.2, -0.15) is 0 Å². The number of phenols is 1. The second-order valence-corrected chi connectivity index (χ2v) is 8.83. The van der Waals surface area contributed by atoms with Crippen molar-refractivity contribution in [1.82, 2.24) is 10.5 Å². The van der Waals surface area contributed by atoms with Crippen LogP contribution in [0.4, 0.5) is 11.5 Å². The van der Waals surface area contributed by atoms with E-state index in [0.717, 1.165) is 22.4 Å². The summed E-state index contributed by atoms with van der Waals surface area (Å²) < 4.78 is 10.7. The Hall–Kier alpha value is -3.85. The van der Waals surface area contributed by atoms with Crippen molar-refractivity contribution >= 4 is 34.7 Å². The number of nitrogens with one attached hydrogen (secondary N) is 2. The normalized spacial score (nSPS) is 15.7. The van der Waals surface area contributed by atoms with Gasteiger partial charge in [0.25, 0.3) is 5.91 Å². The summed E-state index contributed by atoms with van der Waals surface area (Å²) in [5.41, 5.74) is 4.83. The molecule has 182 valence electrons. The van der Waals surface area contributed by atoms with Gasteiger partial charge in [0.2, 0.25) is 0 Å². The molecule has 9 heteroatoms. The molecule has 3 N–H and O–H groups in total. The standard InChI is InChI=1S/C26H28N4O4S/c1-6-33-21-13-18(9-10-20(21)31)24-23(25(32)27-22-12-16(4)34-29-22)17(5)30(26(35)28-24)19-11-14(2)7-8-15(19)3/h7-13,24,31H,6H2,1-5H3,(H,28,35)(H,27,29,32). The third kappa shape index (κ3) is 4.85. The number of ether oxygens (including phenoxy) is 1. The molecule has 0 spiro atoms. The molecule has 0 aliphatic carbocycles. The SMILES string of the molecule is CCOc1cc(C2NC(=S)N(c3cc(C)ccc3C)C(C)=C2C(=O)Nc2cc(C)on2)ccc1O. The van der Waals surface area contributed by atoms with Crippen molar-refractivity contribution in [1.29, 1.82) is 0 Å². The predicted octanol–water partition coefficient (Wildman–Crippen LogP) is 5.05. The van der Waals surface area contributed by atoms with Crippen LogP contribution in [0.2, 0.25) is 0 Å². The van der Waals surface area contributed by atoms with E-state index in [1.807, 2.05) is 50.8 Å². The number of phenolic OH excluding ortho intramolecular Hbond substituents is 1. The van der Waals surface area contributed by atoms with E-state index in [1.165, 1.54) is 0 Å². The van der Waals surface area contributed by atoms with Crippen LogP contribution >= 0.6 is 12.2 Å². The highest BCUT2D eigenvalue weighted by molar-refractivity contribution is 7.80. The minimum absolute atomic E-state index is 0.0239. The highest BCUT2D eigenvalue weighted by Gasteiger charge is 2.35. The number of thiocarbonyl (C=S) groups is 1. The van der Waals surface area contributed by atoms with E-state index in [2.05, 4.69) is 15.8 Å². The number of allylic oxidation sites excluding steroid dienone is 1. The van der Waals surface area contributed by atoms with E-state index >= 15 is 0 Å². The second-order valence-electron chi connectivity index (χ2n) is 8.44. The van der Waals surface area contributed by atoms with Crippen LogP contribution in [0, 0.1) is 20.8 Å². The first-order valence-electron chi connectivity index (χ1n) is 11.3. The third-order valence-electron chi connectivity index (χ3n) is 5.82. The summed E-state index contributed by atoms with van der Waals surface area (Å²) in [6.07, 6.45) is 0. The first-order chi connectivity index (χ1) is 16.7. The molecule has 0 fully saturated rings. The maximum absolute atomic E-state index is 13.6. The monoisotopic (exact) mass is 492 g/mol. The predicted molar refractivity (Wildman–Crippen MR) is 139 cm³/mol. The molecule has 1 aliphatic rings. The van der Waals surface area contributed by atoms with Gasteiger partial charge in [0.05, 0.1) is 23.9 Å². The average Bonchev–Trinajstić information content (AvgIpc) is 3.21. The molecular formula is C26H28N4O4S. The van der Waals surface area contributed by atoms with Crippen molar-refractivity contribution in [2.75, 3.05) is 16.8 Å². The van der Waals surface area contributed by atoms with Gasteiger partial charge >= 0.3 is 0 Å². The summed E-state index contributed by atoms with van der Waals surface area (Å²) in [4.78, 5) is 15.5. The number of aryl methyl sites for hydroxylation is 3. The Balaban J connectivity index is 1.85. The number of carbonyl (C=O) groups excluding carboxylic acids is 1. The summed E-state index contributed by atoms with van der Waals surface area (Å²) in [6, 6.07) is 12.2. The van der Waals surface area contributed by atoms with Gasteiger partial charge < -0.3 is 25.0 Å². The smallest absolute Gasteiger partial charge is 0.257 e. The van der Waals surface area contributed by atoms with Crippen LogP contribution in [0.15, 0.2) is 58.3 Å². The number of rotatable bonds is 6. The third-order valence-corrected chi connectivity index (χ3v) is 6.12. The first-order valence-corrected chi connectivity index (χ1v) is 11.7. The van der Waals surface area contributed by atoms with Gasteiger partial charge in [0, 0.05) is 11.8 Å². The van der Waals surface area contributed by atoms with E-state index < -0.39 is 6.04 Å². The number of aromatic nitrogens is 1. The van der Waals surface area contributed by atoms with Gasteiger partial charge in [-0.05, 0) is 81.7 Å². The quantitative estimate of drug-likeness (QED) is 0.411. The van der Waals surface area contributed by atoms with Crippen molar-refractivity contribution in [2.24, 2.45) is 0 Å². The molecule has 1 unspecified atom stereocenters. The topological polar surface area (TPSA) is 99.9 Å². The fraction of sp³-hybridized carbons (Fsp3) is 0.269. The molecule has 1 atom stereocenters. The molecule has 8 nitrogen and oxygen atoms in total. The minimum atomic E-state index is -0.586. The Kier molecular flexibility index (Phi) is 6.79. The van der Waals surface area contributed by atoms with Crippen LogP contribution in [0.1, 0.15) is 42.3 Å². The molecule has 1 aliphatic heterocycles. The van der Waals surface area contributed by atoms with Gasteiger partial charge in [-0.25, -0.2) is 0 Å². The van der Waals surface area contributed by atoms with Crippen LogP contribution in [-0.4, -0.2) is 27.9 Å². The lowest BCUT2D eigenvalue weighted by Gasteiger charge is -2.38. The van der Waals surface area contributed by atoms with Crippen molar-refractivity contribution < 1.29 is 19.2 Å². The van der Waals surface area contributed by atoms with Crippen molar-refractivity contribution in [3.63, 3.8) is 0 Å². The van der Waals surface area contributed by atoms with Crippen LogP contribution in [0.25, 0.3) is 0 Å². The summed E-state index contributed by atoms with van der Waals surface area (Å²) in [5.74, 6) is 0.910. The zero-order valence-corrected chi connectivity index (χ0v) is 21.1. The lowest BCUT2D eigenvalue weighted by molar-refractivity contribution is -0.113. The Morgan fingerprint density at radius 1 is 1.20 bits per heavy atom. The average molecular weight is 493 g/mol. The number of hydrogen-bond donors (Lipinski definition) is 3. The van der Waals surface area contributed by atoms with Crippen molar-refractivity contribution in [2.45, 2.75) is 40.7 Å². The van der Waals surface area contributed by atoms with E-state index in [-0.39, 0.29) is 11.7 Å². The summed E-state index contributed by atoms with van der Waals surface area (Å²) in [6.45, 7) is 9.87. The molecule has 3 aromatic rings. The molecule has 0 saturated carbocycles. The van der Waals surface area contributed by atoms with Crippen LogP contribution in [-0.2, 0) is 4.79 Å². The number of anilines is 2.